The first kappa shape index (κ1) is 11.2. The maximum atomic E-state index is 8.30. The molecule has 0 aromatic rings. The number of morpholine rings is 1. The number of hydrogen-bond donors (Lipinski definition) is 0. The van der Waals surface area contributed by atoms with Crippen molar-refractivity contribution in [3.05, 3.63) is 0 Å². The molecule has 6 heteroatoms. The van der Waals surface area contributed by atoms with Gasteiger partial charge in [0.05, 0.1) is 32.2 Å². The minimum absolute atomic E-state index is 0.304. The van der Waals surface area contributed by atoms with Gasteiger partial charge in [-0.3, -0.25) is 4.67 Å². The molecule has 74 valence electrons. The van der Waals surface area contributed by atoms with E-state index in [1.54, 1.807) is 0 Å². The Morgan fingerprint density at radius 1 is 1.77 bits per heavy atom. The SMILES string of the molecule is N#CCCOC1(Cl)CN(P)CCO1. The molecule has 0 spiro atoms. The monoisotopic (exact) mass is 222 g/mol. The summed E-state index contributed by atoms with van der Waals surface area (Å²) in [5.41, 5.74) is 0. The van der Waals surface area contributed by atoms with Crippen molar-refractivity contribution in [2.24, 2.45) is 0 Å². The molecule has 13 heavy (non-hydrogen) atoms. The number of rotatable bonds is 3. The smallest absolute Gasteiger partial charge is 0.262 e. The van der Waals surface area contributed by atoms with E-state index < -0.39 is 5.25 Å². The van der Waals surface area contributed by atoms with Crippen LogP contribution in [0.1, 0.15) is 6.42 Å². The molecule has 1 aliphatic rings. The van der Waals surface area contributed by atoms with Crippen LogP contribution < -0.4 is 0 Å². The third kappa shape index (κ3) is 3.76. The van der Waals surface area contributed by atoms with Gasteiger partial charge in [0.25, 0.3) is 5.25 Å². The van der Waals surface area contributed by atoms with Gasteiger partial charge in [-0.2, -0.15) is 5.26 Å². The molecule has 0 aromatic heterocycles. The van der Waals surface area contributed by atoms with Crippen LogP contribution in [0, 0.1) is 11.3 Å². The Kier molecular flexibility index (Phi) is 4.37. The molecule has 0 amide bonds. The second kappa shape index (κ2) is 5.09. The molecular formula is C7H12ClN2O2P. The zero-order chi connectivity index (χ0) is 9.73. The molecule has 1 fully saturated rings. The number of alkyl halides is 1. The first-order chi connectivity index (χ1) is 6.16. The lowest BCUT2D eigenvalue weighted by Gasteiger charge is -2.35. The number of hydrogen-bond acceptors (Lipinski definition) is 4. The highest BCUT2D eigenvalue weighted by Gasteiger charge is 2.34. The average Bonchev–Trinajstić information content (AvgIpc) is 2.04. The zero-order valence-corrected chi connectivity index (χ0v) is 9.11. The third-order valence-electron chi connectivity index (χ3n) is 1.62. The fraction of sp³-hybridized carbons (Fsp3) is 0.857. The fourth-order valence-corrected chi connectivity index (χ4v) is 1.79. The van der Waals surface area contributed by atoms with Crippen LogP contribution in [0.25, 0.3) is 0 Å². The predicted molar refractivity (Wildman–Crippen MR) is 52.0 cm³/mol. The van der Waals surface area contributed by atoms with Crippen molar-refractivity contribution < 1.29 is 9.47 Å². The molecular weight excluding hydrogens is 211 g/mol. The Morgan fingerprint density at radius 2 is 2.54 bits per heavy atom. The predicted octanol–water partition coefficient (Wildman–Crippen LogP) is 0.932. The topological polar surface area (TPSA) is 45.5 Å². The fourth-order valence-electron chi connectivity index (χ4n) is 1.02. The second-order valence-corrected chi connectivity index (χ2v) is 4.04. The quantitative estimate of drug-likeness (QED) is 0.405. The van der Waals surface area contributed by atoms with Gasteiger partial charge in [0.1, 0.15) is 0 Å². The van der Waals surface area contributed by atoms with Crippen LogP contribution >= 0.6 is 21.0 Å². The van der Waals surface area contributed by atoms with Crippen molar-refractivity contribution in [3.63, 3.8) is 0 Å². The normalized spacial score (nSPS) is 29.9. The summed E-state index contributed by atoms with van der Waals surface area (Å²) < 4.78 is 12.5. The highest BCUT2D eigenvalue weighted by molar-refractivity contribution is 7.13. The van der Waals surface area contributed by atoms with Gasteiger partial charge in [0.2, 0.25) is 0 Å². The van der Waals surface area contributed by atoms with Crippen LogP contribution in [0.2, 0.25) is 0 Å². The third-order valence-corrected chi connectivity index (χ3v) is 2.40. The molecule has 0 aliphatic carbocycles. The van der Waals surface area contributed by atoms with Crippen LogP contribution in [0.5, 0.6) is 0 Å². The summed E-state index contributed by atoms with van der Waals surface area (Å²) in [4.78, 5) is 0. The maximum Gasteiger partial charge on any atom is 0.262 e. The van der Waals surface area contributed by atoms with Crippen molar-refractivity contribution in [2.75, 3.05) is 26.3 Å². The number of halogens is 1. The van der Waals surface area contributed by atoms with Gasteiger partial charge in [-0.15, -0.1) is 0 Å². The molecule has 0 N–H and O–H groups in total. The van der Waals surface area contributed by atoms with Gasteiger partial charge < -0.3 is 9.47 Å². The van der Waals surface area contributed by atoms with Crippen molar-refractivity contribution in [2.45, 2.75) is 11.7 Å². The molecule has 2 unspecified atom stereocenters. The van der Waals surface area contributed by atoms with E-state index in [1.807, 2.05) is 10.7 Å². The molecule has 0 radical (unpaired) electrons. The standard InChI is InChI=1S/C7H12ClN2O2P/c8-7(11-4-1-2-9)6-10(13)3-5-12-7/h1,3-6,13H2. The number of ether oxygens (including phenoxy) is 2. The summed E-state index contributed by atoms with van der Waals surface area (Å²) in [6.07, 6.45) is 0.328. The summed E-state index contributed by atoms with van der Waals surface area (Å²) in [6.45, 7) is 2.16. The van der Waals surface area contributed by atoms with Gasteiger partial charge in [-0.1, -0.05) is 21.0 Å². The summed E-state index contributed by atoms with van der Waals surface area (Å²) in [6, 6.07) is 1.98. The van der Waals surface area contributed by atoms with Crippen molar-refractivity contribution in [1.29, 1.82) is 5.26 Å². The van der Waals surface area contributed by atoms with Crippen LogP contribution in [0.3, 0.4) is 0 Å². The van der Waals surface area contributed by atoms with Gasteiger partial charge in [-0.05, 0) is 0 Å². The van der Waals surface area contributed by atoms with Gasteiger partial charge in [0.15, 0.2) is 0 Å². The zero-order valence-electron chi connectivity index (χ0n) is 7.20. The Bertz CT molecular complexity index is 211. The molecule has 1 rings (SSSR count). The Hall–Kier alpha value is 0.0900. The highest BCUT2D eigenvalue weighted by atomic mass is 35.5. The first-order valence-corrected chi connectivity index (χ1v) is 4.89. The molecule has 1 aliphatic heterocycles. The first-order valence-electron chi connectivity index (χ1n) is 4.00. The van der Waals surface area contributed by atoms with E-state index in [-0.39, 0.29) is 0 Å². The molecule has 1 heterocycles. The van der Waals surface area contributed by atoms with E-state index in [0.717, 1.165) is 6.54 Å². The molecule has 0 saturated carbocycles. The maximum absolute atomic E-state index is 8.30. The number of nitriles is 1. The van der Waals surface area contributed by atoms with Crippen molar-refractivity contribution >= 4 is 21.0 Å². The van der Waals surface area contributed by atoms with E-state index in [9.17, 15) is 0 Å². The van der Waals surface area contributed by atoms with E-state index >= 15 is 0 Å². The summed E-state index contributed by atoms with van der Waals surface area (Å²) in [7, 11) is 2.55. The number of nitrogens with zero attached hydrogens (tertiary/aromatic N) is 2. The summed E-state index contributed by atoms with van der Waals surface area (Å²) in [5.74, 6) is 0. The molecule has 1 saturated heterocycles. The minimum Gasteiger partial charge on any atom is -0.335 e. The van der Waals surface area contributed by atoms with E-state index in [1.165, 1.54) is 0 Å². The van der Waals surface area contributed by atoms with Crippen molar-refractivity contribution in [1.82, 2.24) is 4.67 Å². The van der Waals surface area contributed by atoms with Crippen LogP contribution in [-0.4, -0.2) is 36.2 Å². The lowest BCUT2D eigenvalue weighted by atomic mass is 10.4. The Morgan fingerprint density at radius 3 is 3.15 bits per heavy atom. The second-order valence-electron chi connectivity index (χ2n) is 2.74. The Balaban J connectivity index is 2.32. The largest absolute Gasteiger partial charge is 0.335 e. The Labute approximate surface area is 85.0 Å². The molecule has 4 nitrogen and oxygen atoms in total. The van der Waals surface area contributed by atoms with E-state index in [0.29, 0.717) is 26.2 Å². The van der Waals surface area contributed by atoms with E-state index in [2.05, 4.69) is 9.39 Å². The molecule has 0 aromatic carbocycles. The highest BCUT2D eigenvalue weighted by Crippen LogP contribution is 2.25. The minimum atomic E-state index is -1.07. The summed E-state index contributed by atoms with van der Waals surface area (Å²) >= 11 is 6.00. The van der Waals surface area contributed by atoms with Gasteiger partial charge in [-0.25, -0.2) is 0 Å². The van der Waals surface area contributed by atoms with Gasteiger partial charge >= 0.3 is 0 Å². The van der Waals surface area contributed by atoms with Crippen LogP contribution in [0.4, 0.5) is 0 Å². The van der Waals surface area contributed by atoms with Crippen LogP contribution in [0.15, 0.2) is 0 Å². The van der Waals surface area contributed by atoms with E-state index in [4.69, 9.17) is 26.3 Å². The van der Waals surface area contributed by atoms with Crippen molar-refractivity contribution in [3.8, 4) is 6.07 Å². The molecule has 0 bridgehead atoms. The van der Waals surface area contributed by atoms with Gasteiger partial charge in [0, 0.05) is 6.54 Å². The molecule has 2 atom stereocenters. The van der Waals surface area contributed by atoms with Crippen LogP contribution in [-0.2, 0) is 9.47 Å². The lowest BCUT2D eigenvalue weighted by Crippen LogP contribution is -2.46. The lowest BCUT2D eigenvalue weighted by molar-refractivity contribution is -0.199. The average molecular weight is 223 g/mol. The summed E-state index contributed by atoms with van der Waals surface area (Å²) in [5, 5.41) is 7.23.